The minimum Gasteiger partial charge on any atom is -0.506 e. The van der Waals surface area contributed by atoms with E-state index in [0.29, 0.717) is 5.56 Å². The van der Waals surface area contributed by atoms with Crippen molar-refractivity contribution in [2.45, 2.75) is 0 Å². The van der Waals surface area contributed by atoms with Crippen molar-refractivity contribution in [1.29, 1.82) is 5.41 Å². The first kappa shape index (κ1) is 6.54. The van der Waals surface area contributed by atoms with Gasteiger partial charge < -0.3 is 10.8 Å². The van der Waals surface area contributed by atoms with Crippen molar-refractivity contribution in [3.63, 3.8) is 0 Å². The number of nitrogen functional groups attached to an aromatic ring is 1. The first-order chi connectivity index (χ1) is 4.72. The van der Waals surface area contributed by atoms with Crippen LogP contribution in [-0.2, 0) is 0 Å². The number of nitrogens with one attached hydrogen (secondary N) is 1. The van der Waals surface area contributed by atoms with Crippen LogP contribution < -0.4 is 5.73 Å². The third kappa shape index (κ3) is 1.05. The fraction of sp³-hybridized carbons (Fsp3) is 0. The zero-order valence-corrected chi connectivity index (χ0v) is 5.20. The van der Waals surface area contributed by atoms with Crippen LogP contribution in [0.2, 0.25) is 0 Å². The first-order valence-corrected chi connectivity index (χ1v) is 2.69. The van der Waals surface area contributed by atoms with Crippen LogP contribution in [0.1, 0.15) is 5.56 Å². The zero-order chi connectivity index (χ0) is 7.56. The molecule has 1 heterocycles. The number of hydrogen-bond acceptors (Lipinski definition) is 3. The van der Waals surface area contributed by atoms with E-state index < -0.39 is 0 Å². The summed E-state index contributed by atoms with van der Waals surface area (Å²) in [6.45, 7) is 0. The van der Waals surface area contributed by atoms with E-state index in [1.54, 1.807) is 0 Å². The summed E-state index contributed by atoms with van der Waals surface area (Å²) >= 11 is 0. The van der Waals surface area contributed by atoms with E-state index in [4.69, 9.17) is 16.2 Å². The van der Waals surface area contributed by atoms with Gasteiger partial charge in [-0.2, -0.15) is 0 Å². The van der Waals surface area contributed by atoms with Gasteiger partial charge in [-0.15, -0.1) is 0 Å². The van der Waals surface area contributed by atoms with Crippen molar-refractivity contribution in [3.8, 4) is 5.75 Å². The lowest BCUT2D eigenvalue weighted by atomic mass is 10.2. The Bertz CT molecular complexity index is 259. The smallest absolute Gasteiger partial charge is 0.144 e. The van der Waals surface area contributed by atoms with Crippen LogP contribution >= 0.6 is 0 Å². The highest BCUT2D eigenvalue weighted by atomic mass is 16.3. The molecule has 4 N–H and O–H groups in total. The molecule has 4 heteroatoms. The Balaban J connectivity index is 3.15. The molecule has 0 aliphatic rings. The molecule has 52 valence electrons. The number of aromatic nitrogens is 1. The molecule has 0 aromatic carbocycles. The normalized spacial score (nSPS) is 9.20. The maximum absolute atomic E-state index is 9.00. The van der Waals surface area contributed by atoms with Crippen molar-refractivity contribution in [3.05, 3.63) is 24.0 Å². The number of hydrogen-bond donors (Lipinski definition) is 3. The molecule has 0 unspecified atom stereocenters. The van der Waals surface area contributed by atoms with Crippen molar-refractivity contribution >= 4 is 5.84 Å². The minimum atomic E-state index is -0.153. The van der Waals surface area contributed by atoms with Crippen molar-refractivity contribution < 1.29 is 5.11 Å². The lowest BCUT2D eigenvalue weighted by Gasteiger charge is -1.98. The monoisotopic (exact) mass is 137 g/mol. The van der Waals surface area contributed by atoms with E-state index in [2.05, 4.69) is 4.98 Å². The molecule has 0 saturated carbocycles. The van der Waals surface area contributed by atoms with Gasteiger partial charge in [0, 0.05) is 6.20 Å². The van der Waals surface area contributed by atoms with Gasteiger partial charge in [0.25, 0.3) is 0 Å². The van der Waals surface area contributed by atoms with Crippen LogP contribution in [0, 0.1) is 5.41 Å². The van der Waals surface area contributed by atoms with Gasteiger partial charge in [0.1, 0.15) is 11.6 Å². The summed E-state index contributed by atoms with van der Waals surface area (Å²) in [4.78, 5) is 3.63. The molecule has 0 radical (unpaired) electrons. The van der Waals surface area contributed by atoms with Crippen LogP contribution in [0.15, 0.2) is 18.5 Å². The molecule has 0 saturated heterocycles. The highest BCUT2D eigenvalue weighted by molar-refractivity contribution is 5.97. The quantitative estimate of drug-likeness (QED) is 0.378. The predicted octanol–water partition coefficient (Wildman–Crippen LogP) is 0.0713. The van der Waals surface area contributed by atoms with E-state index in [1.165, 1.54) is 18.5 Å². The van der Waals surface area contributed by atoms with E-state index in [-0.39, 0.29) is 11.6 Å². The second kappa shape index (κ2) is 2.34. The maximum atomic E-state index is 9.00. The minimum absolute atomic E-state index is 0.0602. The molecule has 0 spiro atoms. The number of aromatic hydroxyl groups is 1. The molecule has 4 nitrogen and oxygen atoms in total. The number of amidine groups is 1. The van der Waals surface area contributed by atoms with Crippen LogP contribution in [0.25, 0.3) is 0 Å². The Kier molecular flexibility index (Phi) is 1.53. The van der Waals surface area contributed by atoms with Crippen molar-refractivity contribution in [1.82, 2.24) is 4.98 Å². The summed E-state index contributed by atoms with van der Waals surface area (Å²) in [5.74, 6) is -0.213. The zero-order valence-electron chi connectivity index (χ0n) is 5.20. The number of rotatable bonds is 1. The highest BCUT2D eigenvalue weighted by Gasteiger charge is 2.00. The van der Waals surface area contributed by atoms with Crippen LogP contribution in [-0.4, -0.2) is 15.9 Å². The molecule has 1 rings (SSSR count). The topological polar surface area (TPSA) is 83.0 Å². The molecule has 1 aromatic heterocycles. The van der Waals surface area contributed by atoms with E-state index in [9.17, 15) is 0 Å². The predicted molar refractivity (Wildman–Crippen MR) is 36.9 cm³/mol. The summed E-state index contributed by atoms with van der Waals surface area (Å²) in [5.41, 5.74) is 5.42. The second-order valence-electron chi connectivity index (χ2n) is 1.81. The number of nitrogens with zero attached hydrogens (tertiary/aromatic N) is 1. The third-order valence-electron chi connectivity index (χ3n) is 1.09. The van der Waals surface area contributed by atoms with Crippen LogP contribution in [0.5, 0.6) is 5.75 Å². The van der Waals surface area contributed by atoms with Gasteiger partial charge in [-0.25, -0.2) is 0 Å². The Labute approximate surface area is 57.8 Å². The van der Waals surface area contributed by atoms with E-state index in [0.717, 1.165) is 0 Å². The fourth-order valence-corrected chi connectivity index (χ4v) is 0.614. The molecule has 0 bridgehead atoms. The third-order valence-corrected chi connectivity index (χ3v) is 1.09. The number of pyridine rings is 1. The Morgan fingerprint density at radius 1 is 1.70 bits per heavy atom. The van der Waals surface area contributed by atoms with Crippen LogP contribution in [0.4, 0.5) is 0 Å². The van der Waals surface area contributed by atoms with Gasteiger partial charge >= 0.3 is 0 Å². The van der Waals surface area contributed by atoms with Crippen molar-refractivity contribution in [2.24, 2.45) is 5.73 Å². The highest BCUT2D eigenvalue weighted by Crippen LogP contribution is 2.11. The molecule has 0 fully saturated rings. The van der Waals surface area contributed by atoms with Crippen LogP contribution in [0.3, 0.4) is 0 Å². The largest absolute Gasteiger partial charge is 0.506 e. The van der Waals surface area contributed by atoms with Gasteiger partial charge in [0.15, 0.2) is 0 Å². The Morgan fingerprint density at radius 3 is 2.80 bits per heavy atom. The van der Waals surface area contributed by atoms with E-state index in [1.807, 2.05) is 0 Å². The fourth-order valence-electron chi connectivity index (χ4n) is 0.614. The average Bonchev–Trinajstić information content (AvgIpc) is 1.88. The molecule has 1 aromatic rings. The molecular formula is C6H7N3O. The molecule has 0 amide bonds. The summed E-state index contributed by atoms with van der Waals surface area (Å²) < 4.78 is 0. The summed E-state index contributed by atoms with van der Waals surface area (Å²) in [6.07, 6.45) is 2.72. The SMILES string of the molecule is N=C(N)c1ccncc1O. The summed E-state index contributed by atoms with van der Waals surface area (Å²) in [6, 6.07) is 1.48. The number of nitrogens with two attached hydrogens (primary N) is 1. The van der Waals surface area contributed by atoms with Gasteiger partial charge in [0.2, 0.25) is 0 Å². The summed E-state index contributed by atoms with van der Waals surface area (Å²) in [5, 5.41) is 16.0. The molecule has 0 atom stereocenters. The molecule has 0 aliphatic carbocycles. The Hall–Kier alpha value is -1.58. The first-order valence-electron chi connectivity index (χ1n) is 2.69. The van der Waals surface area contributed by atoms with E-state index >= 15 is 0 Å². The van der Waals surface area contributed by atoms with Gasteiger partial charge in [-0.05, 0) is 6.07 Å². The molecule has 0 aliphatic heterocycles. The maximum Gasteiger partial charge on any atom is 0.144 e. The molecule has 10 heavy (non-hydrogen) atoms. The lowest BCUT2D eigenvalue weighted by Crippen LogP contribution is -2.10. The average molecular weight is 137 g/mol. The van der Waals surface area contributed by atoms with Gasteiger partial charge in [-0.3, -0.25) is 10.4 Å². The molecular weight excluding hydrogens is 130 g/mol. The summed E-state index contributed by atoms with van der Waals surface area (Å²) in [7, 11) is 0. The van der Waals surface area contributed by atoms with Gasteiger partial charge in [-0.1, -0.05) is 0 Å². The Morgan fingerprint density at radius 2 is 2.40 bits per heavy atom. The van der Waals surface area contributed by atoms with Crippen molar-refractivity contribution in [2.75, 3.05) is 0 Å². The standard InChI is InChI=1S/C6H7N3O/c7-6(8)4-1-2-9-3-5(4)10/h1-3,10H,(H3,7,8). The van der Waals surface area contributed by atoms with Gasteiger partial charge in [0.05, 0.1) is 11.8 Å². The lowest BCUT2D eigenvalue weighted by molar-refractivity contribution is 0.471. The second-order valence-corrected chi connectivity index (χ2v) is 1.81.